The van der Waals surface area contributed by atoms with Gasteiger partial charge >= 0.3 is 0 Å². The maximum atomic E-state index is 5.38. The summed E-state index contributed by atoms with van der Waals surface area (Å²) in [6.07, 6.45) is 0. The maximum absolute atomic E-state index is 5.38. The van der Waals surface area contributed by atoms with Crippen molar-refractivity contribution >= 4 is 42.4 Å². The Morgan fingerprint density at radius 2 is 0.746 bits per heavy atom. The Balaban J connectivity index is 1.01. The summed E-state index contributed by atoms with van der Waals surface area (Å²) in [5, 5.41) is 3.60. The first-order valence-electron chi connectivity index (χ1n) is 19.8. The molecule has 59 heavy (non-hydrogen) atoms. The number of benzene rings is 8. The smallest absolute Gasteiger partial charge is 0.160 e. The Kier molecular flexibility index (Phi) is 8.68. The van der Waals surface area contributed by atoms with Gasteiger partial charge in [0, 0.05) is 47.8 Å². The number of fused-ring (bicyclic) bond motifs is 5. The Bertz CT molecular complexity index is 3170. The summed E-state index contributed by atoms with van der Waals surface area (Å²) in [6, 6.07) is 74.9. The summed E-state index contributed by atoms with van der Waals surface area (Å²) in [5.41, 5.74) is 14.9. The van der Waals surface area contributed by atoms with Crippen LogP contribution in [0.3, 0.4) is 0 Å². The van der Waals surface area contributed by atoms with Gasteiger partial charge in [-0.15, -0.1) is 11.3 Å². The van der Waals surface area contributed by atoms with Crippen molar-refractivity contribution in [3.63, 3.8) is 0 Å². The lowest BCUT2D eigenvalue weighted by Gasteiger charge is -2.12. The Labute approximate surface area is 346 Å². The van der Waals surface area contributed by atoms with Gasteiger partial charge in [-0.05, 0) is 57.6 Å². The molecular formula is C55H35N3S. The standard InChI is InChI=1S/C55H35N3S/c1-4-12-36(13-5-1)39-20-24-41(25-21-39)49-35-50(58-55(57-49)44-30-22-40(23-31-44)37-14-6-2-7-15-37)42-26-28-43(29-27-42)53-52-46-18-10-11-19-51(46)59-54(52)47-34-45(32-33-48(47)56-53)38-16-8-3-9-17-38/h1-35H. The van der Waals surface area contributed by atoms with Crippen molar-refractivity contribution in [2.24, 2.45) is 0 Å². The van der Waals surface area contributed by atoms with Crippen LogP contribution in [0, 0.1) is 0 Å². The van der Waals surface area contributed by atoms with Crippen molar-refractivity contribution in [3.8, 4) is 78.5 Å². The zero-order valence-corrected chi connectivity index (χ0v) is 32.8. The van der Waals surface area contributed by atoms with E-state index in [2.05, 4.69) is 200 Å². The lowest BCUT2D eigenvalue weighted by Crippen LogP contribution is -1.96. The molecule has 0 saturated heterocycles. The van der Waals surface area contributed by atoms with Crippen LogP contribution < -0.4 is 0 Å². The number of aromatic nitrogens is 3. The van der Waals surface area contributed by atoms with E-state index in [9.17, 15) is 0 Å². The molecule has 8 aromatic carbocycles. The summed E-state index contributed by atoms with van der Waals surface area (Å²) in [5.74, 6) is 0.686. The van der Waals surface area contributed by atoms with Gasteiger partial charge in [-0.3, -0.25) is 0 Å². The Hall–Kier alpha value is -7.53. The molecule has 0 bridgehead atoms. The van der Waals surface area contributed by atoms with Crippen molar-refractivity contribution in [2.75, 3.05) is 0 Å². The van der Waals surface area contributed by atoms with Crippen molar-refractivity contribution in [1.29, 1.82) is 0 Å². The molecule has 0 saturated carbocycles. The van der Waals surface area contributed by atoms with E-state index in [1.807, 2.05) is 23.5 Å². The third kappa shape index (κ3) is 6.56. The molecule has 0 aliphatic heterocycles. The molecule has 276 valence electrons. The number of pyridine rings is 1. The van der Waals surface area contributed by atoms with Gasteiger partial charge in [0.05, 0.1) is 22.6 Å². The predicted molar refractivity (Wildman–Crippen MR) is 248 cm³/mol. The van der Waals surface area contributed by atoms with Gasteiger partial charge in [-0.2, -0.15) is 0 Å². The fourth-order valence-electron chi connectivity index (χ4n) is 8.06. The van der Waals surface area contributed by atoms with Crippen molar-refractivity contribution < 1.29 is 0 Å². The largest absolute Gasteiger partial charge is 0.247 e. The van der Waals surface area contributed by atoms with Crippen molar-refractivity contribution in [2.45, 2.75) is 0 Å². The molecule has 11 aromatic rings. The normalized spacial score (nSPS) is 11.4. The predicted octanol–water partition coefficient (Wildman–Crippen LogP) is 15.1. The maximum Gasteiger partial charge on any atom is 0.160 e. The molecule has 0 fully saturated rings. The fraction of sp³-hybridized carbons (Fsp3) is 0. The summed E-state index contributed by atoms with van der Waals surface area (Å²) >= 11 is 1.84. The highest BCUT2D eigenvalue weighted by molar-refractivity contribution is 7.26. The molecule has 3 nitrogen and oxygen atoms in total. The van der Waals surface area contributed by atoms with E-state index >= 15 is 0 Å². The van der Waals surface area contributed by atoms with Crippen LogP contribution in [-0.2, 0) is 0 Å². The molecule has 0 radical (unpaired) electrons. The van der Waals surface area contributed by atoms with Gasteiger partial charge in [0.25, 0.3) is 0 Å². The highest BCUT2D eigenvalue weighted by atomic mass is 32.1. The zero-order chi connectivity index (χ0) is 39.1. The first kappa shape index (κ1) is 34.7. The first-order valence-corrected chi connectivity index (χ1v) is 20.7. The third-order valence-electron chi connectivity index (χ3n) is 11.1. The van der Waals surface area contributed by atoms with Crippen LogP contribution in [-0.4, -0.2) is 15.0 Å². The molecule has 0 amide bonds. The van der Waals surface area contributed by atoms with Crippen LogP contribution in [0.2, 0.25) is 0 Å². The van der Waals surface area contributed by atoms with Gasteiger partial charge in [0.1, 0.15) is 0 Å². The first-order chi connectivity index (χ1) is 29.2. The lowest BCUT2D eigenvalue weighted by atomic mass is 9.98. The average Bonchev–Trinajstić information content (AvgIpc) is 3.72. The van der Waals surface area contributed by atoms with Gasteiger partial charge in [0.15, 0.2) is 5.82 Å². The Morgan fingerprint density at radius 1 is 0.305 bits per heavy atom. The minimum Gasteiger partial charge on any atom is -0.247 e. The molecule has 4 heteroatoms. The van der Waals surface area contributed by atoms with E-state index in [1.165, 1.54) is 53.4 Å². The van der Waals surface area contributed by atoms with Gasteiger partial charge in [-0.1, -0.05) is 188 Å². The number of hydrogen-bond donors (Lipinski definition) is 0. The highest BCUT2D eigenvalue weighted by Crippen LogP contribution is 2.44. The van der Waals surface area contributed by atoms with Crippen LogP contribution >= 0.6 is 11.3 Å². The van der Waals surface area contributed by atoms with Crippen LogP contribution in [0.5, 0.6) is 0 Å². The molecule has 0 N–H and O–H groups in total. The fourth-order valence-corrected chi connectivity index (χ4v) is 9.29. The molecule has 0 unspecified atom stereocenters. The van der Waals surface area contributed by atoms with E-state index in [4.69, 9.17) is 15.0 Å². The number of rotatable bonds is 7. The van der Waals surface area contributed by atoms with Crippen LogP contribution in [0.1, 0.15) is 0 Å². The van der Waals surface area contributed by atoms with Crippen LogP contribution in [0.4, 0.5) is 0 Å². The molecular weight excluding hydrogens is 735 g/mol. The third-order valence-corrected chi connectivity index (χ3v) is 12.3. The summed E-state index contributed by atoms with van der Waals surface area (Å²) in [7, 11) is 0. The molecule has 0 aliphatic rings. The van der Waals surface area contributed by atoms with E-state index in [1.54, 1.807) is 0 Å². The number of hydrogen-bond acceptors (Lipinski definition) is 4. The second kappa shape index (κ2) is 14.8. The van der Waals surface area contributed by atoms with Gasteiger partial charge in [0.2, 0.25) is 0 Å². The zero-order valence-electron chi connectivity index (χ0n) is 32.0. The molecule has 11 rings (SSSR count). The lowest BCUT2D eigenvalue weighted by molar-refractivity contribution is 1.18. The van der Waals surface area contributed by atoms with E-state index in [0.29, 0.717) is 5.82 Å². The number of thiophene rings is 1. The summed E-state index contributed by atoms with van der Waals surface area (Å²) in [4.78, 5) is 15.7. The molecule has 3 heterocycles. The van der Waals surface area contributed by atoms with Crippen molar-refractivity contribution in [3.05, 3.63) is 212 Å². The van der Waals surface area contributed by atoms with E-state index in [0.717, 1.165) is 50.4 Å². The second-order valence-corrected chi connectivity index (χ2v) is 15.8. The molecule has 0 spiro atoms. The molecule has 3 aromatic heterocycles. The average molecular weight is 770 g/mol. The van der Waals surface area contributed by atoms with Crippen LogP contribution in [0.25, 0.3) is 110 Å². The van der Waals surface area contributed by atoms with E-state index in [-0.39, 0.29) is 0 Å². The Morgan fingerprint density at radius 3 is 1.32 bits per heavy atom. The SMILES string of the molecule is c1ccc(-c2ccc(-c3cc(-c4ccc(-c5nc6ccc(-c7ccccc7)cc6c6sc7ccccc7c56)cc4)nc(-c4ccc(-c5ccccc5)cc4)n3)cc2)cc1. The molecule has 0 aliphatic carbocycles. The quantitative estimate of drug-likeness (QED) is 0.162. The topological polar surface area (TPSA) is 38.7 Å². The second-order valence-electron chi connectivity index (χ2n) is 14.8. The minimum absolute atomic E-state index is 0.686. The molecule has 0 atom stereocenters. The monoisotopic (exact) mass is 769 g/mol. The van der Waals surface area contributed by atoms with Crippen LogP contribution in [0.15, 0.2) is 212 Å². The summed E-state index contributed by atoms with van der Waals surface area (Å²) in [6.45, 7) is 0. The van der Waals surface area contributed by atoms with Gasteiger partial charge in [-0.25, -0.2) is 15.0 Å². The minimum atomic E-state index is 0.686. The number of nitrogens with zero attached hydrogens (tertiary/aromatic N) is 3. The van der Waals surface area contributed by atoms with Crippen molar-refractivity contribution in [1.82, 2.24) is 15.0 Å². The highest BCUT2D eigenvalue weighted by Gasteiger charge is 2.18. The van der Waals surface area contributed by atoms with Gasteiger partial charge < -0.3 is 0 Å². The van der Waals surface area contributed by atoms with E-state index < -0.39 is 0 Å². The summed E-state index contributed by atoms with van der Waals surface area (Å²) < 4.78 is 2.52.